The summed E-state index contributed by atoms with van der Waals surface area (Å²) < 4.78 is 6.95. The number of rotatable bonds is 5. The minimum Gasteiger partial charge on any atom is -0.456 e. The molecular weight excluding hydrogens is 308 g/mol. The molecule has 2 aromatic heterocycles. The molecule has 0 saturated heterocycles. The molecule has 7 nitrogen and oxygen atoms in total. The number of furan rings is 1. The smallest absolute Gasteiger partial charge is 0.291 e. The van der Waals surface area contributed by atoms with E-state index in [2.05, 4.69) is 10.4 Å². The maximum Gasteiger partial charge on any atom is 0.291 e. The zero-order valence-corrected chi connectivity index (χ0v) is 13.0. The molecule has 0 spiro atoms. The molecule has 0 aliphatic heterocycles. The van der Waals surface area contributed by atoms with Gasteiger partial charge in [0.25, 0.3) is 11.8 Å². The number of amides is 2. The predicted octanol–water partition coefficient (Wildman–Crippen LogP) is 2.38. The third-order valence-electron chi connectivity index (χ3n) is 3.47. The Kier molecular flexibility index (Phi) is 4.15. The van der Waals surface area contributed by atoms with Crippen LogP contribution >= 0.6 is 0 Å². The monoisotopic (exact) mass is 324 g/mol. The highest BCUT2D eigenvalue weighted by atomic mass is 16.3. The van der Waals surface area contributed by atoms with Crippen molar-refractivity contribution in [1.82, 2.24) is 9.78 Å². The number of carbonyl (C=O) groups is 2. The molecule has 3 N–H and O–H groups in total. The number of nitrogens with one attached hydrogen (secondary N) is 1. The minimum absolute atomic E-state index is 0.192. The summed E-state index contributed by atoms with van der Waals surface area (Å²) in [4.78, 5) is 23.2. The van der Waals surface area contributed by atoms with Crippen molar-refractivity contribution < 1.29 is 14.0 Å². The molecular formula is C17H16N4O3. The van der Waals surface area contributed by atoms with E-state index in [0.717, 1.165) is 17.9 Å². The molecule has 2 heterocycles. The van der Waals surface area contributed by atoms with Gasteiger partial charge < -0.3 is 15.5 Å². The van der Waals surface area contributed by atoms with E-state index < -0.39 is 5.91 Å². The lowest BCUT2D eigenvalue weighted by Gasteiger charge is -2.05. The first-order valence-electron chi connectivity index (χ1n) is 7.43. The van der Waals surface area contributed by atoms with Gasteiger partial charge in [-0.3, -0.25) is 9.59 Å². The standard InChI is InChI=1S/C17H16N4O3/c1-2-13-7-8-15(24-13)17(23)19-11-3-5-12(6-4-11)21-10-9-14(20-21)16(18)22/h3-10H,2H2,1H3,(H2,18,22)(H,19,23). The van der Waals surface area contributed by atoms with Gasteiger partial charge in [-0.05, 0) is 42.5 Å². The van der Waals surface area contributed by atoms with Crippen LogP contribution in [0, 0.1) is 0 Å². The minimum atomic E-state index is -0.581. The summed E-state index contributed by atoms with van der Waals surface area (Å²) in [5.41, 5.74) is 6.74. The Balaban J connectivity index is 1.71. The van der Waals surface area contributed by atoms with Crippen molar-refractivity contribution in [3.8, 4) is 5.69 Å². The Bertz CT molecular complexity index is 877. The highest BCUT2D eigenvalue weighted by Crippen LogP contribution is 2.15. The number of anilines is 1. The van der Waals surface area contributed by atoms with Crippen LogP contribution in [0.2, 0.25) is 0 Å². The first-order chi connectivity index (χ1) is 11.6. The number of nitrogens with zero attached hydrogens (tertiary/aromatic N) is 2. The molecule has 0 aliphatic carbocycles. The highest BCUT2D eigenvalue weighted by molar-refractivity contribution is 6.02. The van der Waals surface area contributed by atoms with E-state index in [0.29, 0.717) is 5.69 Å². The lowest BCUT2D eigenvalue weighted by molar-refractivity contribution is 0.0987. The van der Waals surface area contributed by atoms with Crippen molar-refractivity contribution in [3.63, 3.8) is 0 Å². The van der Waals surface area contributed by atoms with Gasteiger partial charge in [0.05, 0.1) is 5.69 Å². The molecule has 0 radical (unpaired) electrons. The average molecular weight is 324 g/mol. The first-order valence-corrected chi connectivity index (χ1v) is 7.43. The summed E-state index contributed by atoms with van der Waals surface area (Å²) in [6.45, 7) is 1.96. The summed E-state index contributed by atoms with van der Waals surface area (Å²) in [7, 11) is 0. The van der Waals surface area contributed by atoms with E-state index in [-0.39, 0.29) is 17.4 Å². The molecule has 3 rings (SSSR count). The third-order valence-corrected chi connectivity index (χ3v) is 3.47. The summed E-state index contributed by atoms with van der Waals surface area (Å²) in [6.07, 6.45) is 2.38. The van der Waals surface area contributed by atoms with Gasteiger partial charge in [-0.2, -0.15) is 5.10 Å². The molecule has 0 atom stereocenters. The van der Waals surface area contributed by atoms with Crippen LogP contribution in [0.15, 0.2) is 53.1 Å². The lowest BCUT2D eigenvalue weighted by Crippen LogP contribution is -2.12. The van der Waals surface area contributed by atoms with Crippen molar-refractivity contribution in [2.75, 3.05) is 5.32 Å². The van der Waals surface area contributed by atoms with Crippen LogP contribution in [0.5, 0.6) is 0 Å². The molecule has 7 heteroatoms. The Morgan fingerprint density at radius 3 is 2.50 bits per heavy atom. The van der Waals surface area contributed by atoms with E-state index in [9.17, 15) is 9.59 Å². The summed E-state index contributed by atoms with van der Waals surface area (Å²) >= 11 is 0. The van der Waals surface area contributed by atoms with Gasteiger partial charge in [0, 0.05) is 18.3 Å². The molecule has 0 bridgehead atoms. The Hall–Kier alpha value is -3.35. The number of carbonyl (C=O) groups excluding carboxylic acids is 2. The second-order valence-corrected chi connectivity index (χ2v) is 5.13. The van der Waals surface area contributed by atoms with Crippen LogP contribution in [0.1, 0.15) is 33.7 Å². The van der Waals surface area contributed by atoms with E-state index in [4.69, 9.17) is 10.2 Å². The third kappa shape index (κ3) is 3.19. The lowest BCUT2D eigenvalue weighted by atomic mass is 10.2. The van der Waals surface area contributed by atoms with E-state index in [1.807, 2.05) is 6.92 Å². The zero-order valence-electron chi connectivity index (χ0n) is 13.0. The van der Waals surface area contributed by atoms with Crippen molar-refractivity contribution in [2.45, 2.75) is 13.3 Å². The fourth-order valence-corrected chi connectivity index (χ4v) is 2.18. The van der Waals surface area contributed by atoms with Gasteiger partial charge in [0.15, 0.2) is 5.76 Å². The topological polar surface area (TPSA) is 103 Å². The SMILES string of the molecule is CCc1ccc(C(=O)Nc2ccc(-n3ccc(C(N)=O)n3)cc2)o1. The number of hydrogen-bond acceptors (Lipinski definition) is 4. The van der Waals surface area contributed by atoms with Gasteiger partial charge >= 0.3 is 0 Å². The summed E-state index contributed by atoms with van der Waals surface area (Å²) in [6, 6.07) is 12.0. The largest absolute Gasteiger partial charge is 0.456 e. The number of aromatic nitrogens is 2. The van der Waals surface area contributed by atoms with Crippen LogP contribution in [0.4, 0.5) is 5.69 Å². The number of benzene rings is 1. The highest BCUT2D eigenvalue weighted by Gasteiger charge is 2.11. The van der Waals surface area contributed by atoms with Gasteiger partial charge in [-0.15, -0.1) is 0 Å². The predicted molar refractivity (Wildman–Crippen MR) is 88.1 cm³/mol. The fraction of sp³-hybridized carbons (Fsp3) is 0.118. The molecule has 24 heavy (non-hydrogen) atoms. The maximum absolute atomic E-state index is 12.1. The zero-order chi connectivity index (χ0) is 17.1. The van der Waals surface area contributed by atoms with Gasteiger partial charge in [0.2, 0.25) is 0 Å². The van der Waals surface area contributed by atoms with E-state index >= 15 is 0 Å². The fourth-order valence-electron chi connectivity index (χ4n) is 2.18. The van der Waals surface area contributed by atoms with Gasteiger partial charge in [-0.25, -0.2) is 4.68 Å². The van der Waals surface area contributed by atoms with Gasteiger partial charge in [-0.1, -0.05) is 6.92 Å². The van der Waals surface area contributed by atoms with Crippen LogP contribution in [-0.4, -0.2) is 21.6 Å². The molecule has 3 aromatic rings. The normalized spacial score (nSPS) is 10.5. The summed E-state index contributed by atoms with van der Waals surface area (Å²) in [5.74, 6) is 0.147. The van der Waals surface area contributed by atoms with Crippen molar-refractivity contribution in [3.05, 3.63) is 65.9 Å². The first kappa shape index (κ1) is 15.5. The Morgan fingerprint density at radius 1 is 1.17 bits per heavy atom. The quantitative estimate of drug-likeness (QED) is 0.752. The average Bonchev–Trinajstić information content (AvgIpc) is 3.25. The van der Waals surface area contributed by atoms with Crippen LogP contribution < -0.4 is 11.1 Å². The molecule has 0 unspecified atom stereocenters. The molecule has 2 amide bonds. The van der Waals surface area contributed by atoms with Crippen molar-refractivity contribution in [2.24, 2.45) is 5.73 Å². The van der Waals surface area contributed by atoms with Crippen molar-refractivity contribution >= 4 is 17.5 Å². The van der Waals surface area contributed by atoms with Crippen LogP contribution in [0.25, 0.3) is 5.69 Å². The van der Waals surface area contributed by atoms with Crippen LogP contribution in [0.3, 0.4) is 0 Å². The van der Waals surface area contributed by atoms with Gasteiger partial charge in [0.1, 0.15) is 11.5 Å². The summed E-state index contributed by atoms with van der Waals surface area (Å²) in [5, 5.41) is 6.83. The second kappa shape index (κ2) is 6.41. The number of nitrogens with two attached hydrogens (primary N) is 1. The molecule has 0 saturated carbocycles. The Morgan fingerprint density at radius 2 is 1.92 bits per heavy atom. The van der Waals surface area contributed by atoms with Crippen molar-refractivity contribution in [1.29, 1.82) is 0 Å². The maximum atomic E-state index is 12.1. The van der Waals surface area contributed by atoms with Crippen LogP contribution in [-0.2, 0) is 6.42 Å². The molecule has 122 valence electrons. The molecule has 1 aromatic carbocycles. The molecule has 0 aliphatic rings. The Labute approximate surface area is 138 Å². The number of primary amides is 1. The second-order valence-electron chi connectivity index (χ2n) is 5.13. The number of hydrogen-bond donors (Lipinski definition) is 2. The van der Waals surface area contributed by atoms with E-state index in [1.165, 1.54) is 4.68 Å². The number of aryl methyl sites for hydroxylation is 1. The molecule has 0 fully saturated rings. The van der Waals surface area contributed by atoms with E-state index in [1.54, 1.807) is 48.7 Å².